The van der Waals surface area contributed by atoms with Crippen molar-refractivity contribution in [1.82, 2.24) is 14.8 Å². The smallest absolute Gasteiger partial charge is 0.203 e. The zero-order valence-corrected chi connectivity index (χ0v) is 22.0. The van der Waals surface area contributed by atoms with Crippen LogP contribution in [0, 0.1) is 5.82 Å². The quantitative estimate of drug-likeness (QED) is 0.209. The first-order valence-corrected chi connectivity index (χ1v) is 12.3. The summed E-state index contributed by atoms with van der Waals surface area (Å²) in [7, 11) is 8.58. The number of aromatic nitrogens is 3. The van der Waals surface area contributed by atoms with Crippen LogP contribution in [-0.4, -0.2) is 61.7 Å². The number of ketones is 1. The van der Waals surface area contributed by atoms with E-state index < -0.39 is 0 Å². The van der Waals surface area contributed by atoms with Crippen molar-refractivity contribution in [3.05, 3.63) is 72.0 Å². The lowest BCUT2D eigenvalue weighted by Crippen LogP contribution is -2.09. The molecule has 4 rings (SSSR count). The van der Waals surface area contributed by atoms with E-state index in [4.69, 9.17) is 14.2 Å². The lowest BCUT2D eigenvalue weighted by molar-refractivity contribution is 0.102. The molecule has 1 aromatic heterocycles. The van der Waals surface area contributed by atoms with Gasteiger partial charge in [0.05, 0.1) is 27.1 Å². The third-order valence-electron chi connectivity index (χ3n) is 5.68. The van der Waals surface area contributed by atoms with E-state index in [1.807, 2.05) is 47.8 Å². The number of carbonyl (C=O) groups is 1. The Morgan fingerprint density at radius 3 is 2.08 bits per heavy atom. The van der Waals surface area contributed by atoms with Gasteiger partial charge in [-0.2, -0.15) is 0 Å². The number of thioether (sulfide) groups is 1. The average Bonchev–Trinajstić information content (AvgIpc) is 3.35. The number of carbonyl (C=O) groups excluding carboxylic acids is 1. The van der Waals surface area contributed by atoms with Crippen molar-refractivity contribution < 1.29 is 23.4 Å². The van der Waals surface area contributed by atoms with E-state index in [-0.39, 0.29) is 17.4 Å². The summed E-state index contributed by atoms with van der Waals surface area (Å²) in [5.74, 6) is 1.54. The molecule has 192 valence electrons. The van der Waals surface area contributed by atoms with Gasteiger partial charge in [-0.15, -0.1) is 10.2 Å². The molecule has 0 N–H and O–H groups in total. The van der Waals surface area contributed by atoms with Crippen molar-refractivity contribution in [3.63, 3.8) is 0 Å². The lowest BCUT2D eigenvalue weighted by atomic mass is 10.1. The molecule has 0 atom stereocenters. The Hall–Kier alpha value is -4.05. The summed E-state index contributed by atoms with van der Waals surface area (Å²) in [5.41, 5.74) is 2.97. The standard InChI is InChI=1S/C27H27FN4O4S/c1-31(2)20-10-12-21(13-11-20)32-26(18-14-23(34-3)25(36-5)24(15-18)35-4)29-30-27(32)37-16-22(33)17-6-8-19(28)9-7-17/h6-15H,16H2,1-5H3. The van der Waals surface area contributed by atoms with Crippen LogP contribution in [0.2, 0.25) is 0 Å². The maximum Gasteiger partial charge on any atom is 0.203 e. The number of halogens is 1. The third kappa shape index (κ3) is 5.54. The number of hydrogen-bond acceptors (Lipinski definition) is 8. The van der Waals surface area contributed by atoms with Crippen LogP contribution in [0.25, 0.3) is 17.1 Å². The predicted molar refractivity (Wildman–Crippen MR) is 142 cm³/mol. The van der Waals surface area contributed by atoms with Gasteiger partial charge in [0.2, 0.25) is 5.75 Å². The van der Waals surface area contributed by atoms with Crippen molar-refractivity contribution in [2.75, 3.05) is 46.1 Å². The summed E-state index contributed by atoms with van der Waals surface area (Å²) in [4.78, 5) is 14.8. The summed E-state index contributed by atoms with van der Waals surface area (Å²) in [5, 5.41) is 9.38. The number of hydrogen-bond donors (Lipinski definition) is 0. The molecule has 0 aliphatic heterocycles. The molecule has 0 aliphatic carbocycles. The highest BCUT2D eigenvalue weighted by molar-refractivity contribution is 7.99. The average molecular weight is 523 g/mol. The van der Waals surface area contributed by atoms with E-state index in [0.29, 0.717) is 39.4 Å². The van der Waals surface area contributed by atoms with E-state index in [2.05, 4.69) is 10.2 Å². The van der Waals surface area contributed by atoms with Gasteiger partial charge >= 0.3 is 0 Å². The van der Waals surface area contributed by atoms with Gasteiger partial charge in [-0.25, -0.2) is 4.39 Å². The molecule has 0 unspecified atom stereocenters. The number of rotatable bonds is 10. The van der Waals surface area contributed by atoms with Crippen LogP contribution < -0.4 is 19.1 Å². The van der Waals surface area contributed by atoms with E-state index in [1.165, 1.54) is 36.0 Å². The summed E-state index contributed by atoms with van der Waals surface area (Å²) in [6.45, 7) is 0. The Balaban J connectivity index is 1.77. The second-order valence-corrected chi connectivity index (χ2v) is 9.13. The molecule has 0 saturated heterocycles. The largest absolute Gasteiger partial charge is 0.493 e. The number of ether oxygens (including phenoxy) is 3. The fourth-order valence-corrected chi connectivity index (χ4v) is 4.59. The minimum absolute atomic E-state index is 0.106. The Morgan fingerprint density at radius 1 is 0.919 bits per heavy atom. The predicted octanol–water partition coefficient (Wildman–Crippen LogP) is 5.14. The van der Waals surface area contributed by atoms with Gasteiger partial charge in [0.1, 0.15) is 5.82 Å². The van der Waals surface area contributed by atoms with Gasteiger partial charge in [0.25, 0.3) is 0 Å². The first-order chi connectivity index (χ1) is 17.9. The number of benzene rings is 3. The number of Topliss-reactive ketones (excluding diaryl/α,β-unsaturated/α-hetero) is 1. The summed E-state index contributed by atoms with van der Waals surface area (Å²) in [6, 6.07) is 17.0. The Labute approximate surface area is 219 Å². The molecule has 0 spiro atoms. The second kappa shape index (κ2) is 11.3. The van der Waals surface area contributed by atoms with Crippen LogP contribution in [0.1, 0.15) is 10.4 Å². The van der Waals surface area contributed by atoms with E-state index in [1.54, 1.807) is 33.5 Å². The van der Waals surface area contributed by atoms with Crippen LogP contribution in [0.5, 0.6) is 17.2 Å². The normalized spacial score (nSPS) is 10.8. The van der Waals surface area contributed by atoms with Crippen LogP contribution in [-0.2, 0) is 0 Å². The highest BCUT2D eigenvalue weighted by atomic mass is 32.2. The monoisotopic (exact) mass is 522 g/mol. The fourth-order valence-electron chi connectivity index (χ4n) is 3.74. The molecule has 10 heteroatoms. The first kappa shape index (κ1) is 26.0. The Morgan fingerprint density at radius 2 is 1.54 bits per heavy atom. The van der Waals surface area contributed by atoms with Crippen LogP contribution in [0.4, 0.5) is 10.1 Å². The molecule has 0 bridgehead atoms. The van der Waals surface area contributed by atoms with E-state index in [9.17, 15) is 9.18 Å². The zero-order valence-electron chi connectivity index (χ0n) is 21.2. The summed E-state index contributed by atoms with van der Waals surface area (Å²) < 4.78 is 31.7. The maximum absolute atomic E-state index is 13.3. The maximum atomic E-state index is 13.3. The summed E-state index contributed by atoms with van der Waals surface area (Å²) >= 11 is 1.25. The highest BCUT2D eigenvalue weighted by Gasteiger charge is 2.22. The molecule has 0 fully saturated rings. The molecule has 1 heterocycles. The topological polar surface area (TPSA) is 78.7 Å². The minimum Gasteiger partial charge on any atom is -0.493 e. The first-order valence-electron chi connectivity index (χ1n) is 11.3. The van der Waals surface area contributed by atoms with Crippen molar-refractivity contribution in [2.45, 2.75) is 5.16 Å². The molecule has 3 aromatic carbocycles. The number of nitrogens with zero attached hydrogens (tertiary/aromatic N) is 4. The zero-order chi connectivity index (χ0) is 26.5. The lowest BCUT2D eigenvalue weighted by Gasteiger charge is -2.16. The molecule has 0 amide bonds. The number of anilines is 1. The van der Waals surface area contributed by atoms with E-state index in [0.717, 1.165) is 11.4 Å². The molecular weight excluding hydrogens is 495 g/mol. The van der Waals surface area contributed by atoms with Crippen molar-refractivity contribution >= 4 is 23.2 Å². The summed E-state index contributed by atoms with van der Waals surface area (Å²) in [6.07, 6.45) is 0. The van der Waals surface area contributed by atoms with Gasteiger partial charge < -0.3 is 19.1 Å². The fraction of sp³-hybridized carbons (Fsp3) is 0.222. The van der Waals surface area contributed by atoms with Gasteiger partial charge in [-0.3, -0.25) is 9.36 Å². The van der Waals surface area contributed by atoms with Crippen LogP contribution in [0.3, 0.4) is 0 Å². The molecule has 0 radical (unpaired) electrons. The SMILES string of the molecule is COc1cc(-c2nnc(SCC(=O)c3ccc(F)cc3)n2-c2ccc(N(C)C)cc2)cc(OC)c1OC. The van der Waals surface area contributed by atoms with Gasteiger partial charge in [-0.05, 0) is 60.7 Å². The molecule has 0 aliphatic rings. The van der Waals surface area contributed by atoms with Crippen molar-refractivity contribution in [1.29, 1.82) is 0 Å². The second-order valence-electron chi connectivity index (χ2n) is 8.19. The minimum atomic E-state index is -0.389. The van der Waals surface area contributed by atoms with Crippen molar-refractivity contribution in [2.24, 2.45) is 0 Å². The Bertz CT molecular complexity index is 1360. The molecule has 8 nitrogen and oxygen atoms in total. The molecular formula is C27H27FN4O4S. The van der Waals surface area contributed by atoms with Crippen LogP contribution >= 0.6 is 11.8 Å². The third-order valence-corrected chi connectivity index (χ3v) is 6.61. The molecule has 37 heavy (non-hydrogen) atoms. The number of methoxy groups -OCH3 is 3. The van der Waals surface area contributed by atoms with Gasteiger partial charge in [0.15, 0.2) is 28.3 Å². The van der Waals surface area contributed by atoms with Gasteiger partial charge in [-0.1, -0.05) is 11.8 Å². The van der Waals surface area contributed by atoms with E-state index >= 15 is 0 Å². The molecule has 0 saturated carbocycles. The van der Waals surface area contributed by atoms with Crippen molar-refractivity contribution in [3.8, 4) is 34.3 Å². The van der Waals surface area contributed by atoms with Crippen LogP contribution in [0.15, 0.2) is 65.8 Å². The molecule has 4 aromatic rings. The Kier molecular flexibility index (Phi) is 7.98. The highest BCUT2D eigenvalue weighted by Crippen LogP contribution is 2.41. The van der Waals surface area contributed by atoms with Gasteiger partial charge in [0, 0.05) is 36.6 Å².